The Bertz CT molecular complexity index is 259. The third-order valence-electron chi connectivity index (χ3n) is 3.41. The van der Waals surface area contributed by atoms with Crippen molar-refractivity contribution in [2.75, 3.05) is 31.2 Å². The molecule has 5 heteroatoms. The van der Waals surface area contributed by atoms with Crippen LogP contribution in [0.5, 0.6) is 0 Å². The zero-order chi connectivity index (χ0) is 10.9. The smallest absolute Gasteiger partial charge is 0.317 e. The molecule has 15 heavy (non-hydrogen) atoms. The van der Waals surface area contributed by atoms with Gasteiger partial charge in [-0.1, -0.05) is 0 Å². The summed E-state index contributed by atoms with van der Waals surface area (Å²) in [6.07, 6.45) is 0.693. The van der Waals surface area contributed by atoms with E-state index in [2.05, 4.69) is 5.32 Å². The van der Waals surface area contributed by atoms with Gasteiger partial charge in [0.25, 0.3) is 0 Å². The SMILES string of the molecule is CCOC(=O)C1(C2(O)CCSC2)CNC1. The molecule has 1 unspecified atom stereocenters. The van der Waals surface area contributed by atoms with Crippen LogP contribution >= 0.6 is 11.8 Å². The summed E-state index contributed by atoms with van der Waals surface area (Å²) in [7, 11) is 0. The summed E-state index contributed by atoms with van der Waals surface area (Å²) in [6.45, 7) is 3.26. The lowest BCUT2D eigenvalue weighted by Crippen LogP contribution is -2.70. The highest BCUT2D eigenvalue weighted by Gasteiger charge is 2.61. The second-order valence-corrected chi connectivity index (χ2v) is 5.35. The Morgan fingerprint density at radius 1 is 1.60 bits per heavy atom. The van der Waals surface area contributed by atoms with Crippen molar-refractivity contribution in [2.24, 2.45) is 5.41 Å². The van der Waals surface area contributed by atoms with E-state index in [0.717, 1.165) is 5.75 Å². The molecule has 0 radical (unpaired) electrons. The molecule has 0 aromatic rings. The largest absolute Gasteiger partial charge is 0.465 e. The number of ether oxygens (including phenoxy) is 1. The van der Waals surface area contributed by atoms with Gasteiger partial charge >= 0.3 is 5.97 Å². The minimum atomic E-state index is -0.866. The van der Waals surface area contributed by atoms with Crippen molar-refractivity contribution in [1.29, 1.82) is 0 Å². The molecule has 0 aromatic carbocycles. The van der Waals surface area contributed by atoms with Crippen molar-refractivity contribution in [3.8, 4) is 0 Å². The average Bonchev–Trinajstić information content (AvgIpc) is 2.51. The van der Waals surface area contributed by atoms with Crippen LogP contribution in [0.2, 0.25) is 0 Å². The van der Waals surface area contributed by atoms with Gasteiger partial charge < -0.3 is 15.2 Å². The summed E-state index contributed by atoms with van der Waals surface area (Å²) in [4.78, 5) is 11.9. The quantitative estimate of drug-likeness (QED) is 0.670. The third kappa shape index (κ3) is 1.57. The number of hydrogen-bond acceptors (Lipinski definition) is 5. The maximum atomic E-state index is 11.9. The molecule has 0 bridgehead atoms. The fourth-order valence-electron chi connectivity index (χ4n) is 2.24. The molecule has 0 amide bonds. The number of carbonyl (C=O) groups excluding carboxylic acids is 1. The first-order valence-electron chi connectivity index (χ1n) is 5.33. The molecule has 1 atom stereocenters. The van der Waals surface area contributed by atoms with Crippen LogP contribution in [0.15, 0.2) is 0 Å². The van der Waals surface area contributed by atoms with Crippen LogP contribution in [0.25, 0.3) is 0 Å². The molecule has 0 aromatic heterocycles. The summed E-state index contributed by atoms with van der Waals surface area (Å²) in [5, 5.41) is 13.6. The minimum Gasteiger partial charge on any atom is -0.465 e. The standard InChI is InChI=1S/C10H17NO3S/c1-2-14-8(12)9(5-11-6-9)10(13)3-4-15-7-10/h11,13H,2-7H2,1H3. The Morgan fingerprint density at radius 2 is 2.33 bits per heavy atom. The first-order valence-corrected chi connectivity index (χ1v) is 6.48. The number of nitrogens with one attached hydrogen (secondary N) is 1. The van der Waals surface area contributed by atoms with E-state index in [1.807, 2.05) is 0 Å². The predicted octanol–water partition coefficient (Wildman–Crippen LogP) is 0.00710. The molecule has 0 aliphatic carbocycles. The fourth-order valence-corrected chi connectivity index (χ4v) is 3.62. The molecular weight excluding hydrogens is 214 g/mol. The summed E-state index contributed by atoms with van der Waals surface area (Å²) >= 11 is 1.71. The second-order valence-electron chi connectivity index (χ2n) is 4.24. The van der Waals surface area contributed by atoms with E-state index in [0.29, 0.717) is 31.9 Å². The Morgan fingerprint density at radius 3 is 2.73 bits per heavy atom. The van der Waals surface area contributed by atoms with Crippen LogP contribution in [0.4, 0.5) is 0 Å². The van der Waals surface area contributed by atoms with Gasteiger partial charge in [0.05, 0.1) is 12.2 Å². The highest BCUT2D eigenvalue weighted by atomic mass is 32.2. The van der Waals surface area contributed by atoms with E-state index in [9.17, 15) is 9.90 Å². The van der Waals surface area contributed by atoms with Gasteiger partial charge in [-0.2, -0.15) is 11.8 Å². The maximum Gasteiger partial charge on any atom is 0.317 e. The van der Waals surface area contributed by atoms with Crippen LogP contribution in [0, 0.1) is 5.41 Å². The van der Waals surface area contributed by atoms with Crippen LogP contribution < -0.4 is 5.32 Å². The van der Waals surface area contributed by atoms with Crippen LogP contribution in [-0.4, -0.2) is 47.9 Å². The van der Waals surface area contributed by atoms with Gasteiger partial charge in [-0.05, 0) is 19.1 Å². The molecule has 2 saturated heterocycles. The van der Waals surface area contributed by atoms with Crippen molar-refractivity contribution in [3.05, 3.63) is 0 Å². The highest BCUT2D eigenvalue weighted by Crippen LogP contribution is 2.45. The van der Waals surface area contributed by atoms with E-state index in [1.165, 1.54) is 0 Å². The predicted molar refractivity (Wildman–Crippen MR) is 58.8 cm³/mol. The molecule has 0 spiro atoms. The first-order chi connectivity index (χ1) is 7.15. The van der Waals surface area contributed by atoms with Crippen LogP contribution in [0.1, 0.15) is 13.3 Å². The lowest BCUT2D eigenvalue weighted by Gasteiger charge is -2.49. The number of esters is 1. The number of aliphatic hydroxyl groups is 1. The molecule has 2 aliphatic heterocycles. The topological polar surface area (TPSA) is 58.6 Å². The van der Waals surface area contributed by atoms with E-state index < -0.39 is 11.0 Å². The van der Waals surface area contributed by atoms with E-state index in [4.69, 9.17) is 4.74 Å². The molecule has 2 aliphatic rings. The van der Waals surface area contributed by atoms with Gasteiger partial charge in [0.1, 0.15) is 5.41 Å². The van der Waals surface area contributed by atoms with E-state index >= 15 is 0 Å². The average molecular weight is 231 g/mol. The summed E-state index contributed by atoms with van der Waals surface area (Å²) in [5.74, 6) is 1.33. The molecule has 2 N–H and O–H groups in total. The van der Waals surface area contributed by atoms with Crippen molar-refractivity contribution in [3.63, 3.8) is 0 Å². The second kappa shape index (κ2) is 3.96. The molecule has 2 fully saturated rings. The normalized spacial score (nSPS) is 33.5. The Labute approximate surface area is 93.8 Å². The zero-order valence-electron chi connectivity index (χ0n) is 8.91. The molecule has 0 saturated carbocycles. The summed E-state index contributed by atoms with van der Waals surface area (Å²) in [5.41, 5.74) is -1.55. The molecular formula is C10H17NO3S. The van der Waals surface area contributed by atoms with E-state index in [-0.39, 0.29) is 5.97 Å². The van der Waals surface area contributed by atoms with Crippen molar-refractivity contribution in [1.82, 2.24) is 5.32 Å². The summed E-state index contributed by atoms with van der Waals surface area (Å²) in [6, 6.07) is 0. The maximum absolute atomic E-state index is 11.9. The van der Waals surface area contributed by atoms with Gasteiger partial charge in [-0.3, -0.25) is 4.79 Å². The van der Waals surface area contributed by atoms with Gasteiger partial charge in [-0.25, -0.2) is 0 Å². The van der Waals surface area contributed by atoms with E-state index in [1.54, 1.807) is 18.7 Å². The number of hydrogen-bond donors (Lipinski definition) is 2. The highest BCUT2D eigenvalue weighted by molar-refractivity contribution is 7.99. The van der Waals surface area contributed by atoms with Gasteiger partial charge in [0, 0.05) is 18.8 Å². The zero-order valence-corrected chi connectivity index (χ0v) is 9.73. The van der Waals surface area contributed by atoms with Crippen LogP contribution in [-0.2, 0) is 9.53 Å². The first kappa shape index (κ1) is 11.2. The monoisotopic (exact) mass is 231 g/mol. The van der Waals surface area contributed by atoms with Gasteiger partial charge in [-0.15, -0.1) is 0 Å². The van der Waals surface area contributed by atoms with Crippen molar-refractivity contribution < 1.29 is 14.6 Å². The third-order valence-corrected chi connectivity index (χ3v) is 4.59. The van der Waals surface area contributed by atoms with Crippen LogP contribution in [0.3, 0.4) is 0 Å². The fraction of sp³-hybridized carbons (Fsp3) is 0.900. The lowest BCUT2D eigenvalue weighted by molar-refractivity contribution is -0.180. The Balaban J connectivity index is 2.17. The number of carbonyl (C=O) groups is 1. The molecule has 2 rings (SSSR count). The molecule has 4 nitrogen and oxygen atoms in total. The Kier molecular flexibility index (Phi) is 2.96. The minimum absolute atomic E-state index is 0.242. The number of thioether (sulfide) groups is 1. The van der Waals surface area contributed by atoms with Crippen molar-refractivity contribution in [2.45, 2.75) is 18.9 Å². The van der Waals surface area contributed by atoms with Gasteiger partial charge in [0.2, 0.25) is 0 Å². The molecule has 2 heterocycles. The summed E-state index contributed by atoms with van der Waals surface area (Å²) < 4.78 is 5.08. The Hall–Kier alpha value is -0.260. The number of rotatable bonds is 3. The molecule has 86 valence electrons. The van der Waals surface area contributed by atoms with Crippen molar-refractivity contribution >= 4 is 17.7 Å². The lowest BCUT2D eigenvalue weighted by atomic mass is 9.67. The van der Waals surface area contributed by atoms with Gasteiger partial charge in [0.15, 0.2) is 0 Å².